The van der Waals surface area contributed by atoms with Gasteiger partial charge in [-0.25, -0.2) is 15.0 Å². The third-order valence-corrected chi connectivity index (χ3v) is 6.46. The van der Waals surface area contributed by atoms with Crippen molar-refractivity contribution in [3.8, 4) is 0 Å². The predicted molar refractivity (Wildman–Crippen MR) is 107 cm³/mol. The SMILES string of the molecule is Cc1nc(CC2CCN(Cc3cnc(C)s3)CC2)cc(N2CCCC2)n1. The second kappa shape index (κ2) is 8.01. The molecule has 2 aliphatic heterocycles. The summed E-state index contributed by atoms with van der Waals surface area (Å²) in [6.07, 6.45) is 8.24. The first-order valence-corrected chi connectivity index (χ1v) is 10.7. The Kier molecular flexibility index (Phi) is 5.50. The van der Waals surface area contributed by atoms with Gasteiger partial charge in [-0.1, -0.05) is 0 Å². The van der Waals surface area contributed by atoms with E-state index in [0.717, 1.165) is 43.6 Å². The Bertz CT molecular complexity index is 730. The molecule has 0 aliphatic carbocycles. The molecule has 2 fully saturated rings. The van der Waals surface area contributed by atoms with Crippen molar-refractivity contribution in [1.29, 1.82) is 0 Å². The standard InChI is InChI=1S/C20H29N5S/c1-15-22-18(12-20(23-15)25-7-3-4-8-25)11-17-5-9-24(10-6-17)14-19-13-21-16(2)26-19/h12-13,17H,3-11,14H2,1-2H3. The number of likely N-dealkylation sites (tertiary alicyclic amines) is 1. The summed E-state index contributed by atoms with van der Waals surface area (Å²) in [6, 6.07) is 2.24. The molecule has 0 amide bonds. The summed E-state index contributed by atoms with van der Waals surface area (Å²) in [5.74, 6) is 2.81. The number of piperidine rings is 1. The first-order chi connectivity index (χ1) is 12.7. The van der Waals surface area contributed by atoms with Gasteiger partial charge in [0.05, 0.1) is 5.01 Å². The summed E-state index contributed by atoms with van der Waals surface area (Å²) in [5.41, 5.74) is 1.23. The second-order valence-corrected chi connectivity index (χ2v) is 9.05. The molecular weight excluding hydrogens is 342 g/mol. The van der Waals surface area contributed by atoms with Crippen LogP contribution in [0.15, 0.2) is 12.3 Å². The van der Waals surface area contributed by atoms with Crippen LogP contribution in [0.4, 0.5) is 5.82 Å². The van der Waals surface area contributed by atoms with E-state index < -0.39 is 0 Å². The van der Waals surface area contributed by atoms with Crippen molar-refractivity contribution in [3.05, 3.63) is 33.7 Å². The van der Waals surface area contributed by atoms with Crippen molar-refractivity contribution in [2.24, 2.45) is 5.92 Å². The zero-order chi connectivity index (χ0) is 17.9. The molecule has 4 rings (SSSR count). The molecule has 2 aromatic heterocycles. The maximum atomic E-state index is 4.73. The Morgan fingerprint density at radius 3 is 2.54 bits per heavy atom. The maximum Gasteiger partial charge on any atom is 0.132 e. The van der Waals surface area contributed by atoms with Gasteiger partial charge >= 0.3 is 0 Å². The summed E-state index contributed by atoms with van der Waals surface area (Å²) in [5, 5.41) is 1.17. The van der Waals surface area contributed by atoms with Gasteiger partial charge < -0.3 is 4.90 Å². The van der Waals surface area contributed by atoms with Crippen LogP contribution in [0.1, 0.15) is 47.1 Å². The molecule has 0 aromatic carbocycles. The Labute approximate surface area is 160 Å². The van der Waals surface area contributed by atoms with Gasteiger partial charge in [-0.2, -0.15) is 0 Å². The minimum atomic E-state index is 0.746. The fraction of sp³-hybridized carbons (Fsp3) is 0.650. The highest BCUT2D eigenvalue weighted by molar-refractivity contribution is 7.11. The normalized spacial score (nSPS) is 19.4. The second-order valence-electron chi connectivity index (χ2n) is 7.73. The van der Waals surface area contributed by atoms with Crippen LogP contribution < -0.4 is 4.90 Å². The summed E-state index contributed by atoms with van der Waals surface area (Å²) >= 11 is 1.83. The van der Waals surface area contributed by atoms with Crippen LogP contribution >= 0.6 is 11.3 Å². The van der Waals surface area contributed by atoms with Crippen molar-refractivity contribution in [1.82, 2.24) is 19.9 Å². The molecule has 140 valence electrons. The van der Waals surface area contributed by atoms with Gasteiger partial charge in [-0.15, -0.1) is 11.3 Å². The maximum absolute atomic E-state index is 4.73. The lowest BCUT2D eigenvalue weighted by Crippen LogP contribution is -2.33. The van der Waals surface area contributed by atoms with Crippen LogP contribution in [0, 0.1) is 19.8 Å². The van der Waals surface area contributed by atoms with E-state index >= 15 is 0 Å². The monoisotopic (exact) mass is 371 g/mol. The van der Waals surface area contributed by atoms with Crippen LogP contribution in [-0.2, 0) is 13.0 Å². The number of hydrogen-bond acceptors (Lipinski definition) is 6. The molecule has 0 bridgehead atoms. The number of aryl methyl sites for hydroxylation is 2. The first-order valence-electron chi connectivity index (χ1n) is 9.89. The minimum absolute atomic E-state index is 0.746. The summed E-state index contributed by atoms with van der Waals surface area (Å²) in [6.45, 7) is 9.83. The van der Waals surface area contributed by atoms with Crippen LogP contribution in [0.25, 0.3) is 0 Å². The van der Waals surface area contributed by atoms with E-state index in [4.69, 9.17) is 4.98 Å². The van der Waals surface area contributed by atoms with Crippen molar-refractivity contribution in [3.63, 3.8) is 0 Å². The molecule has 2 aliphatic rings. The molecule has 0 saturated carbocycles. The van der Waals surface area contributed by atoms with E-state index in [-0.39, 0.29) is 0 Å². The van der Waals surface area contributed by atoms with Gasteiger partial charge in [-0.3, -0.25) is 4.90 Å². The Hall–Kier alpha value is -1.53. The van der Waals surface area contributed by atoms with Gasteiger partial charge in [0.1, 0.15) is 11.6 Å². The zero-order valence-electron chi connectivity index (χ0n) is 15.9. The molecule has 0 atom stereocenters. The van der Waals surface area contributed by atoms with Crippen LogP contribution in [0.3, 0.4) is 0 Å². The average molecular weight is 372 g/mol. The lowest BCUT2D eigenvalue weighted by Gasteiger charge is -2.31. The Balaban J connectivity index is 1.32. The van der Waals surface area contributed by atoms with Gasteiger partial charge in [-0.05, 0) is 65.0 Å². The fourth-order valence-corrected chi connectivity index (χ4v) is 5.01. The molecule has 0 N–H and O–H groups in total. The highest BCUT2D eigenvalue weighted by Crippen LogP contribution is 2.25. The predicted octanol–water partition coefficient (Wildman–Crippen LogP) is 3.60. The van der Waals surface area contributed by atoms with E-state index in [0.29, 0.717) is 0 Å². The van der Waals surface area contributed by atoms with Crippen molar-refractivity contribution < 1.29 is 0 Å². The van der Waals surface area contributed by atoms with E-state index in [9.17, 15) is 0 Å². The van der Waals surface area contributed by atoms with Gasteiger partial charge in [0.15, 0.2) is 0 Å². The number of hydrogen-bond donors (Lipinski definition) is 0. The van der Waals surface area contributed by atoms with Crippen molar-refractivity contribution >= 4 is 17.2 Å². The molecule has 6 heteroatoms. The molecule has 2 saturated heterocycles. The molecule has 5 nitrogen and oxygen atoms in total. The third-order valence-electron chi connectivity index (χ3n) is 5.56. The lowest BCUT2D eigenvalue weighted by molar-refractivity contribution is 0.177. The summed E-state index contributed by atoms with van der Waals surface area (Å²) in [4.78, 5) is 20.2. The Morgan fingerprint density at radius 1 is 1.08 bits per heavy atom. The van der Waals surface area contributed by atoms with Gasteiger partial charge in [0.2, 0.25) is 0 Å². The van der Waals surface area contributed by atoms with E-state index in [2.05, 4.69) is 32.8 Å². The zero-order valence-corrected chi connectivity index (χ0v) is 16.8. The molecular formula is C20H29N5S. The van der Waals surface area contributed by atoms with Gasteiger partial charge in [0.25, 0.3) is 0 Å². The fourth-order valence-electron chi connectivity index (χ4n) is 4.17. The molecule has 0 unspecified atom stereocenters. The highest BCUT2D eigenvalue weighted by atomic mass is 32.1. The van der Waals surface area contributed by atoms with Crippen LogP contribution in [0.2, 0.25) is 0 Å². The van der Waals surface area contributed by atoms with E-state index in [1.807, 2.05) is 24.5 Å². The summed E-state index contributed by atoms with van der Waals surface area (Å²) in [7, 11) is 0. The molecule has 26 heavy (non-hydrogen) atoms. The average Bonchev–Trinajstić information content (AvgIpc) is 3.28. The van der Waals surface area contributed by atoms with E-state index in [1.54, 1.807) is 0 Å². The number of aromatic nitrogens is 3. The van der Waals surface area contributed by atoms with Crippen molar-refractivity contribution in [2.45, 2.75) is 52.5 Å². The quantitative estimate of drug-likeness (QED) is 0.803. The lowest BCUT2D eigenvalue weighted by atomic mass is 9.92. The highest BCUT2D eigenvalue weighted by Gasteiger charge is 2.22. The molecule has 2 aromatic rings. The van der Waals surface area contributed by atoms with Crippen molar-refractivity contribution in [2.75, 3.05) is 31.1 Å². The van der Waals surface area contributed by atoms with Gasteiger partial charge in [0, 0.05) is 42.5 Å². The number of anilines is 1. The first kappa shape index (κ1) is 17.9. The minimum Gasteiger partial charge on any atom is -0.357 e. The summed E-state index contributed by atoms with van der Waals surface area (Å²) < 4.78 is 0. The molecule has 0 radical (unpaired) electrons. The number of nitrogens with zero attached hydrogens (tertiary/aromatic N) is 5. The number of rotatable bonds is 5. The van der Waals surface area contributed by atoms with Crippen LogP contribution in [0.5, 0.6) is 0 Å². The number of thiazole rings is 1. The molecule has 4 heterocycles. The third kappa shape index (κ3) is 4.41. The van der Waals surface area contributed by atoms with E-state index in [1.165, 1.54) is 54.4 Å². The largest absolute Gasteiger partial charge is 0.357 e. The Morgan fingerprint density at radius 2 is 1.85 bits per heavy atom. The molecule has 0 spiro atoms. The topological polar surface area (TPSA) is 45.2 Å². The van der Waals surface area contributed by atoms with Crippen LogP contribution in [-0.4, -0.2) is 46.0 Å². The smallest absolute Gasteiger partial charge is 0.132 e.